The molecule has 1 amide bonds. The number of amides is 1. The Balaban J connectivity index is 1.14. The molecule has 4 aromatic carbocycles. The molecule has 0 fully saturated rings. The summed E-state index contributed by atoms with van der Waals surface area (Å²) in [5.74, 6) is 0.547. The maximum atomic E-state index is 12.9. The van der Waals surface area contributed by atoms with Gasteiger partial charge in [0.05, 0.1) is 5.75 Å². The number of fused-ring (bicyclic) bond motifs is 1. The van der Waals surface area contributed by atoms with Crippen LogP contribution in [0.5, 0.6) is 0 Å². The molecule has 0 aliphatic carbocycles. The van der Waals surface area contributed by atoms with Crippen molar-refractivity contribution in [1.82, 2.24) is 19.7 Å². The van der Waals surface area contributed by atoms with E-state index in [1.165, 1.54) is 17.3 Å². The number of allylic oxidation sites excluding steroid dienone is 1. The molecule has 7 nitrogen and oxygen atoms in total. The van der Waals surface area contributed by atoms with Crippen LogP contribution in [0.25, 0.3) is 34.1 Å². The fourth-order valence-electron chi connectivity index (χ4n) is 4.92. The zero-order valence-electron chi connectivity index (χ0n) is 23.7. The van der Waals surface area contributed by atoms with Gasteiger partial charge >= 0.3 is 0 Å². The second kappa shape index (κ2) is 12.3. The Hall–Kier alpha value is -5.21. The van der Waals surface area contributed by atoms with Crippen LogP contribution >= 0.6 is 11.8 Å². The maximum absolute atomic E-state index is 12.9. The zero-order valence-corrected chi connectivity index (χ0v) is 24.6. The minimum absolute atomic E-state index is 0.0975. The monoisotopic (exact) mass is 583 g/mol. The molecule has 43 heavy (non-hydrogen) atoms. The van der Waals surface area contributed by atoms with Gasteiger partial charge in [-0.1, -0.05) is 78.0 Å². The fourth-order valence-corrected chi connectivity index (χ4v) is 5.68. The highest BCUT2D eigenvalue weighted by atomic mass is 32.2. The molecule has 212 valence electrons. The number of carbonyl (C=O) groups excluding carboxylic acids is 2. The summed E-state index contributed by atoms with van der Waals surface area (Å²) in [7, 11) is 0. The number of para-hydroxylation sites is 2. The Morgan fingerprint density at radius 2 is 1.67 bits per heavy atom. The molecule has 0 unspecified atom stereocenters. The lowest BCUT2D eigenvalue weighted by molar-refractivity contribution is -0.113. The van der Waals surface area contributed by atoms with E-state index in [1.54, 1.807) is 30.3 Å². The molecule has 0 spiro atoms. The predicted molar refractivity (Wildman–Crippen MR) is 174 cm³/mol. The van der Waals surface area contributed by atoms with Crippen molar-refractivity contribution in [3.05, 3.63) is 132 Å². The van der Waals surface area contributed by atoms with E-state index in [-0.39, 0.29) is 17.4 Å². The highest BCUT2D eigenvalue weighted by Crippen LogP contribution is 2.32. The zero-order chi connectivity index (χ0) is 29.8. The van der Waals surface area contributed by atoms with E-state index in [9.17, 15) is 9.59 Å². The van der Waals surface area contributed by atoms with Crippen LogP contribution in [-0.4, -0.2) is 37.2 Å². The highest BCUT2D eigenvalue weighted by molar-refractivity contribution is 7.99. The van der Waals surface area contributed by atoms with Gasteiger partial charge in [0.1, 0.15) is 0 Å². The molecule has 6 rings (SSSR count). The average Bonchev–Trinajstić information content (AvgIpc) is 3.64. The molecule has 8 heteroatoms. The van der Waals surface area contributed by atoms with Gasteiger partial charge in [0.15, 0.2) is 16.8 Å². The van der Waals surface area contributed by atoms with Gasteiger partial charge < -0.3 is 10.3 Å². The third-order valence-electron chi connectivity index (χ3n) is 7.10. The topological polar surface area (TPSA) is 92.7 Å². The lowest BCUT2D eigenvalue weighted by atomic mass is 10.0. The highest BCUT2D eigenvalue weighted by Gasteiger charge is 2.19. The number of H-pyrrole nitrogens is 1. The first-order valence-electron chi connectivity index (χ1n) is 13.9. The molecular weight excluding hydrogens is 554 g/mol. The number of anilines is 1. The molecule has 2 heterocycles. The van der Waals surface area contributed by atoms with Gasteiger partial charge in [-0.15, -0.1) is 10.2 Å². The van der Waals surface area contributed by atoms with Crippen LogP contribution in [0.15, 0.2) is 114 Å². The van der Waals surface area contributed by atoms with Crippen molar-refractivity contribution < 1.29 is 9.59 Å². The van der Waals surface area contributed by atoms with Gasteiger partial charge in [-0.25, -0.2) is 0 Å². The van der Waals surface area contributed by atoms with Crippen LogP contribution in [0, 0.1) is 13.8 Å². The number of hydrogen-bond acceptors (Lipinski definition) is 5. The van der Waals surface area contributed by atoms with Crippen molar-refractivity contribution in [2.75, 3.05) is 11.1 Å². The molecule has 0 aliphatic rings. The number of benzene rings is 4. The summed E-state index contributed by atoms with van der Waals surface area (Å²) in [5.41, 5.74) is 7.33. The SMILES string of the molecule is Cc1ccc(/C=C/C(=O)c2ccc(NC(=O)CSc3nnc(-c4c[nH]c5ccccc45)n3-c3ccccc3)cc2)c(C)c1. The van der Waals surface area contributed by atoms with Crippen LogP contribution in [0.3, 0.4) is 0 Å². The molecule has 0 saturated carbocycles. The lowest BCUT2D eigenvalue weighted by Crippen LogP contribution is -2.14. The normalized spacial score (nSPS) is 11.3. The van der Waals surface area contributed by atoms with Crippen molar-refractivity contribution in [2.45, 2.75) is 19.0 Å². The molecule has 0 saturated heterocycles. The Labute approximate surface area is 253 Å². The molecule has 2 aromatic heterocycles. The number of nitrogens with one attached hydrogen (secondary N) is 2. The fraction of sp³-hybridized carbons (Fsp3) is 0.0857. The van der Waals surface area contributed by atoms with E-state index < -0.39 is 0 Å². The Kier molecular flexibility index (Phi) is 8.02. The van der Waals surface area contributed by atoms with Gasteiger partial charge in [0.25, 0.3) is 0 Å². The van der Waals surface area contributed by atoms with Crippen LogP contribution in [0.2, 0.25) is 0 Å². The Morgan fingerprint density at radius 1 is 0.907 bits per heavy atom. The number of rotatable bonds is 9. The number of nitrogens with zero attached hydrogens (tertiary/aromatic N) is 3. The first-order valence-corrected chi connectivity index (χ1v) is 14.8. The van der Waals surface area contributed by atoms with Gasteiger partial charge in [0.2, 0.25) is 5.91 Å². The van der Waals surface area contributed by atoms with Crippen molar-refractivity contribution in [3.63, 3.8) is 0 Å². The van der Waals surface area contributed by atoms with Crippen molar-refractivity contribution in [1.29, 1.82) is 0 Å². The number of thioether (sulfide) groups is 1. The number of aromatic amines is 1. The van der Waals surface area contributed by atoms with Crippen LogP contribution in [0.4, 0.5) is 5.69 Å². The van der Waals surface area contributed by atoms with Crippen LogP contribution in [0.1, 0.15) is 27.0 Å². The van der Waals surface area contributed by atoms with Gasteiger partial charge in [-0.05, 0) is 73.5 Å². The largest absolute Gasteiger partial charge is 0.360 e. The maximum Gasteiger partial charge on any atom is 0.234 e. The summed E-state index contributed by atoms with van der Waals surface area (Å²) in [6, 6.07) is 31.0. The number of aryl methyl sites for hydroxylation is 2. The van der Waals surface area contributed by atoms with Crippen molar-refractivity contribution >= 4 is 46.1 Å². The summed E-state index contributed by atoms with van der Waals surface area (Å²) in [6.45, 7) is 4.07. The number of carbonyl (C=O) groups is 2. The molecule has 0 atom stereocenters. The van der Waals surface area contributed by atoms with Crippen LogP contribution in [-0.2, 0) is 4.79 Å². The summed E-state index contributed by atoms with van der Waals surface area (Å²) < 4.78 is 1.97. The molecule has 0 radical (unpaired) electrons. The minimum Gasteiger partial charge on any atom is -0.360 e. The van der Waals surface area contributed by atoms with Crippen molar-refractivity contribution in [2.24, 2.45) is 0 Å². The number of hydrogen-bond donors (Lipinski definition) is 2. The first-order chi connectivity index (χ1) is 21.0. The number of aromatic nitrogens is 4. The summed E-state index contributed by atoms with van der Waals surface area (Å²) in [6.07, 6.45) is 5.35. The smallest absolute Gasteiger partial charge is 0.234 e. The van der Waals surface area contributed by atoms with E-state index in [0.717, 1.165) is 33.3 Å². The third kappa shape index (κ3) is 6.19. The Morgan fingerprint density at radius 3 is 2.47 bits per heavy atom. The summed E-state index contributed by atoms with van der Waals surface area (Å²) in [4.78, 5) is 28.9. The molecule has 6 aromatic rings. The standard InChI is InChI=1S/C35H29N5O2S/c1-23-12-13-25(24(2)20-23)16-19-32(41)26-14-17-27(18-15-26)37-33(42)22-43-35-39-38-34(40(35)28-8-4-3-5-9-28)30-21-36-31-11-7-6-10-29(30)31/h3-21,36H,22H2,1-2H3,(H,37,42)/b19-16+. The lowest BCUT2D eigenvalue weighted by Gasteiger charge is -2.10. The number of ketones is 1. The third-order valence-corrected chi connectivity index (χ3v) is 8.03. The first kappa shape index (κ1) is 27.9. The Bertz CT molecular complexity index is 1960. The second-order valence-corrected chi connectivity index (χ2v) is 11.1. The van der Waals surface area contributed by atoms with E-state index in [0.29, 0.717) is 22.2 Å². The van der Waals surface area contributed by atoms with E-state index in [2.05, 4.69) is 26.6 Å². The van der Waals surface area contributed by atoms with E-state index in [1.807, 2.05) is 97.4 Å². The van der Waals surface area contributed by atoms with Gasteiger partial charge in [-0.2, -0.15) is 0 Å². The quantitative estimate of drug-likeness (QED) is 0.104. The van der Waals surface area contributed by atoms with Gasteiger partial charge in [-0.3, -0.25) is 14.2 Å². The molecular formula is C35H29N5O2S. The van der Waals surface area contributed by atoms with Gasteiger partial charge in [0, 0.05) is 39.6 Å². The van der Waals surface area contributed by atoms with E-state index >= 15 is 0 Å². The second-order valence-electron chi connectivity index (χ2n) is 10.2. The molecule has 0 bridgehead atoms. The summed E-state index contributed by atoms with van der Waals surface area (Å²) in [5, 5.41) is 13.5. The predicted octanol–water partition coefficient (Wildman–Crippen LogP) is 7.66. The van der Waals surface area contributed by atoms with Crippen LogP contribution < -0.4 is 5.32 Å². The molecule has 2 N–H and O–H groups in total. The molecule has 0 aliphatic heterocycles. The average molecular weight is 584 g/mol. The summed E-state index contributed by atoms with van der Waals surface area (Å²) >= 11 is 1.31. The minimum atomic E-state index is -0.185. The van der Waals surface area contributed by atoms with Crippen molar-refractivity contribution in [3.8, 4) is 17.1 Å². The van der Waals surface area contributed by atoms with E-state index in [4.69, 9.17) is 0 Å².